The van der Waals surface area contributed by atoms with Crippen molar-refractivity contribution >= 4 is 0 Å². The van der Waals surface area contributed by atoms with Crippen molar-refractivity contribution in [2.75, 3.05) is 32.8 Å². The predicted molar refractivity (Wildman–Crippen MR) is 133 cm³/mol. The van der Waals surface area contributed by atoms with Crippen LogP contribution in [0.25, 0.3) is 0 Å². The number of rotatable bonds is 8. The SMILES string of the molecule is C(=CCN(CC1Cc2ccccc2CN1)C1CCCc2cccnc21)CNC1CCOCC1. The van der Waals surface area contributed by atoms with Crippen molar-refractivity contribution in [2.24, 2.45) is 0 Å². The lowest BCUT2D eigenvalue weighted by atomic mass is 9.89. The second-order valence-corrected chi connectivity index (χ2v) is 9.73. The number of fused-ring (bicyclic) bond motifs is 2. The summed E-state index contributed by atoms with van der Waals surface area (Å²) < 4.78 is 5.47. The summed E-state index contributed by atoms with van der Waals surface area (Å²) in [7, 11) is 0. The van der Waals surface area contributed by atoms with Crippen LogP contribution >= 0.6 is 0 Å². The van der Waals surface area contributed by atoms with E-state index in [1.165, 1.54) is 35.2 Å². The summed E-state index contributed by atoms with van der Waals surface area (Å²) in [6, 6.07) is 14.7. The van der Waals surface area contributed by atoms with Crippen LogP contribution in [-0.2, 0) is 24.1 Å². The second-order valence-electron chi connectivity index (χ2n) is 9.73. The molecule has 0 bridgehead atoms. The average molecular weight is 447 g/mol. The minimum Gasteiger partial charge on any atom is -0.381 e. The Morgan fingerprint density at radius 2 is 1.88 bits per heavy atom. The predicted octanol–water partition coefficient (Wildman–Crippen LogP) is 3.80. The Morgan fingerprint density at radius 1 is 1.03 bits per heavy atom. The Balaban J connectivity index is 1.25. The molecule has 1 fully saturated rings. The summed E-state index contributed by atoms with van der Waals surface area (Å²) in [6.45, 7) is 5.70. The quantitative estimate of drug-likeness (QED) is 0.604. The Kier molecular flexibility index (Phi) is 7.84. The van der Waals surface area contributed by atoms with Crippen LogP contribution in [0, 0.1) is 0 Å². The first kappa shape index (κ1) is 22.7. The van der Waals surface area contributed by atoms with E-state index in [2.05, 4.69) is 64.1 Å². The Hall–Kier alpha value is -2.05. The van der Waals surface area contributed by atoms with Gasteiger partial charge in [0.25, 0.3) is 0 Å². The molecule has 1 aromatic carbocycles. The van der Waals surface area contributed by atoms with Crippen molar-refractivity contribution in [3.8, 4) is 0 Å². The zero-order valence-electron chi connectivity index (χ0n) is 19.7. The molecule has 3 heterocycles. The van der Waals surface area contributed by atoms with Crippen LogP contribution in [0.5, 0.6) is 0 Å². The normalized spacial score (nSPS) is 23.5. The molecular formula is C28H38N4O. The van der Waals surface area contributed by atoms with Crippen molar-refractivity contribution in [3.05, 3.63) is 77.1 Å². The standard InChI is InChI=1S/C28H38N4O/c1-2-8-24-20-31-26(19-23(24)7-1)21-32(16-4-3-14-29-25-12-17-33-18-13-25)27-11-5-9-22-10-6-15-30-28(22)27/h1-4,6-8,10,15,25-27,29,31H,5,9,11-14,16-21H2. The van der Waals surface area contributed by atoms with Crippen molar-refractivity contribution in [2.45, 2.75) is 63.2 Å². The first-order valence-electron chi connectivity index (χ1n) is 12.8. The first-order valence-corrected chi connectivity index (χ1v) is 12.8. The van der Waals surface area contributed by atoms with Gasteiger partial charge in [-0.25, -0.2) is 0 Å². The van der Waals surface area contributed by atoms with Crippen LogP contribution < -0.4 is 10.6 Å². The minimum atomic E-state index is 0.405. The highest BCUT2D eigenvalue weighted by molar-refractivity contribution is 5.30. The number of hydrogen-bond donors (Lipinski definition) is 2. The van der Waals surface area contributed by atoms with E-state index >= 15 is 0 Å². The second kappa shape index (κ2) is 11.4. The van der Waals surface area contributed by atoms with Gasteiger partial charge in [0.2, 0.25) is 0 Å². The van der Waals surface area contributed by atoms with Crippen LogP contribution in [0.2, 0.25) is 0 Å². The summed E-state index contributed by atoms with van der Waals surface area (Å²) in [5.74, 6) is 0. The van der Waals surface area contributed by atoms with Gasteiger partial charge in [-0.15, -0.1) is 0 Å². The molecule has 176 valence electrons. The Labute approximate surface area is 198 Å². The molecule has 2 atom stereocenters. The summed E-state index contributed by atoms with van der Waals surface area (Å²) in [5, 5.41) is 7.48. The fourth-order valence-corrected chi connectivity index (χ4v) is 5.63. The molecule has 33 heavy (non-hydrogen) atoms. The zero-order valence-corrected chi connectivity index (χ0v) is 19.7. The molecule has 2 aromatic rings. The highest BCUT2D eigenvalue weighted by atomic mass is 16.5. The lowest BCUT2D eigenvalue weighted by Gasteiger charge is -2.38. The summed E-state index contributed by atoms with van der Waals surface area (Å²) in [6.07, 6.45) is 13.6. The fraction of sp³-hybridized carbons (Fsp3) is 0.536. The van der Waals surface area contributed by atoms with Crippen LogP contribution in [0.1, 0.15) is 54.1 Å². The van der Waals surface area contributed by atoms with E-state index in [-0.39, 0.29) is 0 Å². The number of benzene rings is 1. The van der Waals surface area contributed by atoms with Crippen LogP contribution in [0.15, 0.2) is 54.7 Å². The fourth-order valence-electron chi connectivity index (χ4n) is 5.63. The van der Waals surface area contributed by atoms with Gasteiger partial charge in [0.1, 0.15) is 0 Å². The maximum absolute atomic E-state index is 5.47. The van der Waals surface area contributed by atoms with E-state index in [1.807, 2.05) is 6.20 Å². The molecule has 2 N–H and O–H groups in total. The van der Waals surface area contributed by atoms with Gasteiger partial charge in [-0.2, -0.15) is 0 Å². The van der Waals surface area contributed by atoms with E-state index in [4.69, 9.17) is 9.72 Å². The number of pyridine rings is 1. The van der Waals surface area contributed by atoms with Crippen LogP contribution in [-0.4, -0.2) is 54.8 Å². The van der Waals surface area contributed by atoms with E-state index in [0.717, 1.165) is 65.1 Å². The molecule has 2 unspecified atom stereocenters. The third-order valence-corrected chi connectivity index (χ3v) is 7.48. The van der Waals surface area contributed by atoms with E-state index in [9.17, 15) is 0 Å². The van der Waals surface area contributed by atoms with Crippen molar-refractivity contribution in [1.29, 1.82) is 0 Å². The maximum Gasteiger partial charge on any atom is 0.0607 e. The van der Waals surface area contributed by atoms with Gasteiger partial charge in [0.05, 0.1) is 11.7 Å². The number of aryl methyl sites for hydroxylation is 1. The maximum atomic E-state index is 5.47. The third-order valence-electron chi connectivity index (χ3n) is 7.48. The smallest absolute Gasteiger partial charge is 0.0607 e. The molecule has 5 rings (SSSR count). The molecule has 0 spiro atoms. The van der Waals surface area contributed by atoms with E-state index < -0.39 is 0 Å². The molecule has 1 aliphatic carbocycles. The van der Waals surface area contributed by atoms with E-state index in [1.54, 1.807) is 0 Å². The molecule has 0 radical (unpaired) electrons. The average Bonchev–Trinajstić information content (AvgIpc) is 2.88. The van der Waals surface area contributed by atoms with Crippen molar-refractivity contribution in [1.82, 2.24) is 20.5 Å². The van der Waals surface area contributed by atoms with Gasteiger partial charge < -0.3 is 15.4 Å². The lowest BCUT2D eigenvalue weighted by Crippen LogP contribution is -2.46. The number of ether oxygens (including phenoxy) is 1. The van der Waals surface area contributed by atoms with E-state index in [0.29, 0.717) is 18.1 Å². The van der Waals surface area contributed by atoms with Gasteiger partial charge >= 0.3 is 0 Å². The molecule has 5 heteroatoms. The number of hydrogen-bond acceptors (Lipinski definition) is 5. The Bertz CT molecular complexity index is 924. The monoisotopic (exact) mass is 446 g/mol. The molecule has 1 aromatic heterocycles. The largest absolute Gasteiger partial charge is 0.381 e. The molecule has 2 aliphatic heterocycles. The summed E-state index contributed by atoms with van der Waals surface area (Å²) in [5.41, 5.74) is 5.68. The highest BCUT2D eigenvalue weighted by Crippen LogP contribution is 2.33. The van der Waals surface area contributed by atoms with Crippen molar-refractivity contribution in [3.63, 3.8) is 0 Å². The van der Waals surface area contributed by atoms with Crippen LogP contribution in [0.4, 0.5) is 0 Å². The first-order chi connectivity index (χ1) is 16.4. The molecule has 1 saturated heterocycles. The van der Waals surface area contributed by atoms with Crippen LogP contribution in [0.3, 0.4) is 0 Å². The lowest BCUT2D eigenvalue weighted by molar-refractivity contribution is 0.0789. The number of nitrogens with one attached hydrogen (secondary N) is 2. The molecule has 3 aliphatic rings. The molecule has 0 saturated carbocycles. The number of nitrogens with zero attached hydrogens (tertiary/aromatic N) is 2. The highest BCUT2D eigenvalue weighted by Gasteiger charge is 2.29. The van der Waals surface area contributed by atoms with Crippen molar-refractivity contribution < 1.29 is 4.74 Å². The molecular weight excluding hydrogens is 408 g/mol. The number of aromatic nitrogens is 1. The summed E-state index contributed by atoms with van der Waals surface area (Å²) in [4.78, 5) is 7.51. The van der Waals surface area contributed by atoms with Gasteiger partial charge in [-0.1, -0.05) is 42.5 Å². The third kappa shape index (κ3) is 5.90. The van der Waals surface area contributed by atoms with Gasteiger partial charge in [0.15, 0.2) is 0 Å². The minimum absolute atomic E-state index is 0.405. The summed E-state index contributed by atoms with van der Waals surface area (Å²) >= 11 is 0. The van der Waals surface area contributed by atoms with Gasteiger partial charge in [0, 0.05) is 57.7 Å². The molecule has 0 amide bonds. The zero-order chi connectivity index (χ0) is 22.3. The Morgan fingerprint density at radius 3 is 2.79 bits per heavy atom. The topological polar surface area (TPSA) is 49.4 Å². The molecule has 5 nitrogen and oxygen atoms in total. The van der Waals surface area contributed by atoms with Gasteiger partial charge in [-0.3, -0.25) is 9.88 Å². The van der Waals surface area contributed by atoms with Gasteiger partial charge in [-0.05, 0) is 61.3 Å².